The molecule has 3 rings (SSSR count). The van der Waals surface area contributed by atoms with Gasteiger partial charge in [-0.3, -0.25) is 9.59 Å². The van der Waals surface area contributed by atoms with Crippen LogP contribution in [0.25, 0.3) is 0 Å². The summed E-state index contributed by atoms with van der Waals surface area (Å²) in [6, 6.07) is 8.81. The first-order chi connectivity index (χ1) is 10.1. The number of nitrogens with one attached hydrogen (secondary N) is 1. The topological polar surface area (TPSA) is 49.4 Å². The van der Waals surface area contributed by atoms with Crippen LogP contribution in [0, 0.1) is 0 Å². The minimum Gasteiger partial charge on any atom is -0.300 e. The highest BCUT2D eigenvalue weighted by molar-refractivity contribution is 6.22. The number of nitrogens with zero attached hydrogens (tertiary/aromatic N) is 1. The SMILES string of the molecule is CC1(NC2CC(=O)N(c3ccccc3)C2=O)CCCCC1. The number of carbonyl (C=O) groups excluding carboxylic acids is 2. The molecule has 1 N–H and O–H groups in total. The molecule has 1 aromatic rings. The van der Waals surface area contributed by atoms with E-state index in [2.05, 4.69) is 12.2 Å². The van der Waals surface area contributed by atoms with Crippen molar-refractivity contribution in [3.63, 3.8) is 0 Å². The fourth-order valence-corrected chi connectivity index (χ4v) is 3.49. The predicted molar refractivity (Wildman–Crippen MR) is 82.0 cm³/mol. The first kappa shape index (κ1) is 14.3. The summed E-state index contributed by atoms with van der Waals surface area (Å²) in [6.07, 6.45) is 6.09. The summed E-state index contributed by atoms with van der Waals surface area (Å²) < 4.78 is 0. The summed E-state index contributed by atoms with van der Waals surface area (Å²) >= 11 is 0. The number of amides is 2. The number of anilines is 1. The quantitative estimate of drug-likeness (QED) is 0.869. The molecule has 0 spiro atoms. The molecule has 1 heterocycles. The molecule has 4 heteroatoms. The molecule has 1 saturated carbocycles. The van der Waals surface area contributed by atoms with Gasteiger partial charge in [0, 0.05) is 5.54 Å². The lowest BCUT2D eigenvalue weighted by molar-refractivity contribution is -0.121. The van der Waals surface area contributed by atoms with Crippen LogP contribution >= 0.6 is 0 Å². The molecular weight excluding hydrogens is 264 g/mol. The lowest BCUT2D eigenvalue weighted by atomic mass is 9.82. The molecule has 4 nitrogen and oxygen atoms in total. The standard InChI is InChI=1S/C17H22N2O2/c1-17(10-6-3-7-11-17)18-14-12-15(20)19(16(14)21)13-8-4-2-5-9-13/h2,4-5,8-9,14,18H,3,6-7,10-12H2,1H3. The molecule has 1 aromatic carbocycles. The zero-order valence-corrected chi connectivity index (χ0v) is 12.5. The molecule has 21 heavy (non-hydrogen) atoms. The minimum absolute atomic E-state index is 0.00838. The van der Waals surface area contributed by atoms with Gasteiger partial charge >= 0.3 is 0 Å². The molecule has 2 aliphatic rings. The zero-order valence-electron chi connectivity index (χ0n) is 12.5. The van der Waals surface area contributed by atoms with Crippen molar-refractivity contribution in [2.75, 3.05) is 4.90 Å². The summed E-state index contributed by atoms with van der Waals surface area (Å²) in [7, 11) is 0. The van der Waals surface area contributed by atoms with Crippen LogP contribution in [0.1, 0.15) is 45.4 Å². The van der Waals surface area contributed by atoms with Crippen molar-refractivity contribution >= 4 is 17.5 Å². The Morgan fingerprint density at radius 3 is 2.43 bits per heavy atom. The van der Waals surface area contributed by atoms with Crippen molar-refractivity contribution in [3.8, 4) is 0 Å². The van der Waals surface area contributed by atoms with Crippen molar-refractivity contribution in [2.45, 2.75) is 57.0 Å². The van der Waals surface area contributed by atoms with Crippen LogP contribution in [0.15, 0.2) is 30.3 Å². The Morgan fingerprint density at radius 1 is 1.10 bits per heavy atom. The minimum atomic E-state index is -0.374. The third-order valence-corrected chi connectivity index (χ3v) is 4.64. The normalized spacial score (nSPS) is 25.4. The van der Waals surface area contributed by atoms with E-state index in [1.807, 2.05) is 18.2 Å². The van der Waals surface area contributed by atoms with E-state index in [-0.39, 0.29) is 29.8 Å². The highest BCUT2D eigenvalue weighted by Gasteiger charge is 2.42. The van der Waals surface area contributed by atoms with Crippen LogP contribution in [0.2, 0.25) is 0 Å². The number of imide groups is 1. The van der Waals surface area contributed by atoms with Gasteiger partial charge in [0.2, 0.25) is 5.91 Å². The Kier molecular flexibility index (Phi) is 3.81. The second-order valence-electron chi connectivity index (χ2n) is 6.43. The van der Waals surface area contributed by atoms with E-state index in [0.717, 1.165) is 12.8 Å². The van der Waals surface area contributed by atoms with Gasteiger partial charge in [-0.25, -0.2) is 4.90 Å². The van der Waals surface area contributed by atoms with E-state index in [0.29, 0.717) is 5.69 Å². The van der Waals surface area contributed by atoms with Gasteiger partial charge in [-0.2, -0.15) is 0 Å². The smallest absolute Gasteiger partial charge is 0.251 e. The van der Waals surface area contributed by atoms with Crippen LogP contribution in [0.5, 0.6) is 0 Å². The van der Waals surface area contributed by atoms with Crippen molar-refractivity contribution in [3.05, 3.63) is 30.3 Å². The van der Waals surface area contributed by atoms with Gasteiger partial charge < -0.3 is 5.32 Å². The number of hydrogen-bond donors (Lipinski definition) is 1. The molecule has 1 aliphatic heterocycles. The third-order valence-electron chi connectivity index (χ3n) is 4.64. The van der Waals surface area contributed by atoms with Gasteiger partial charge in [0.15, 0.2) is 0 Å². The lowest BCUT2D eigenvalue weighted by Crippen LogP contribution is -2.52. The zero-order chi connectivity index (χ0) is 14.9. The van der Waals surface area contributed by atoms with E-state index in [1.54, 1.807) is 12.1 Å². The first-order valence-electron chi connectivity index (χ1n) is 7.79. The third kappa shape index (κ3) is 2.86. The predicted octanol–water partition coefficient (Wildman–Crippen LogP) is 2.63. The molecule has 2 amide bonds. The van der Waals surface area contributed by atoms with Crippen LogP contribution in [-0.2, 0) is 9.59 Å². The van der Waals surface area contributed by atoms with Crippen LogP contribution in [0.3, 0.4) is 0 Å². The fourth-order valence-electron chi connectivity index (χ4n) is 3.49. The highest BCUT2D eigenvalue weighted by Crippen LogP contribution is 2.30. The fraction of sp³-hybridized carbons (Fsp3) is 0.529. The average molecular weight is 286 g/mol. The maximum atomic E-state index is 12.6. The van der Waals surface area contributed by atoms with Gasteiger partial charge in [-0.1, -0.05) is 37.5 Å². The molecule has 2 fully saturated rings. The van der Waals surface area contributed by atoms with E-state index in [9.17, 15) is 9.59 Å². The summed E-state index contributed by atoms with van der Waals surface area (Å²) in [4.78, 5) is 26.1. The molecule has 1 unspecified atom stereocenters. The maximum absolute atomic E-state index is 12.6. The largest absolute Gasteiger partial charge is 0.300 e. The van der Waals surface area contributed by atoms with Gasteiger partial charge in [0.1, 0.15) is 0 Å². The molecule has 0 radical (unpaired) electrons. The molecule has 112 valence electrons. The monoisotopic (exact) mass is 286 g/mol. The second kappa shape index (κ2) is 5.60. The summed E-state index contributed by atoms with van der Waals surface area (Å²) in [5.74, 6) is -0.221. The summed E-state index contributed by atoms with van der Waals surface area (Å²) in [5, 5.41) is 3.46. The molecule has 0 bridgehead atoms. The van der Waals surface area contributed by atoms with Crippen LogP contribution in [-0.4, -0.2) is 23.4 Å². The number of rotatable bonds is 3. The Bertz CT molecular complexity index is 535. The van der Waals surface area contributed by atoms with E-state index in [1.165, 1.54) is 24.2 Å². The van der Waals surface area contributed by atoms with E-state index in [4.69, 9.17) is 0 Å². The second-order valence-corrected chi connectivity index (χ2v) is 6.43. The van der Waals surface area contributed by atoms with Crippen molar-refractivity contribution in [2.24, 2.45) is 0 Å². The highest BCUT2D eigenvalue weighted by atomic mass is 16.2. The Morgan fingerprint density at radius 2 is 1.76 bits per heavy atom. The summed E-state index contributed by atoms with van der Waals surface area (Å²) in [6.45, 7) is 2.18. The van der Waals surface area contributed by atoms with Crippen LogP contribution < -0.4 is 10.2 Å². The average Bonchev–Trinajstić information content (AvgIpc) is 2.74. The van der Waals surface area contributed by atoms with E-state index >= 15 is 0 Å². The van der Waals surface area contributed by atoms with Gasteiger partial charge in [-0.05, 0) is 31.9 Å². The van der Waals surface area contributed by atoms with Crippen LogP contribution in [0.4, 0.5) is 5.69 Å². The maximum Gasteiger partial charge on any atom is 0.251 e. The first-order valence-corrected chi connectivity index (χ1v) is 7.79. The number of hydrogen-bond acceptors (Lipinski definition) is 3. The van der Waals surface area contributed by atoms with Crippen molar-refractivity contribution in [1.82, 2.24) is 5.32 Å². The Balaban J connectivity index is 1.74. The Labute approximate surface area is 125 Å². The molecule has 0 aromatic heterocycles. The lowest BCUT2D eigenvalue weighted by Gasteiger charge is -2.36. The van der Waals surface area contributed by atoms with E-state index < -0.39 is 0 Å². The number of carbonyl (C=O) groups is 2. The molecular formula is C17H22N2O2. The van der Waals surface area contributed by atoms with Gasteiger partial charge in [0.05, 0.1) is 18.2 Å². The Hall–Kier alpha value is -1.68. The van der Waals surface area contributed by atoms with Crippen molar-refractivity contribution in [1.29, 1.82) is 0 Å². The number of para-hydroxylation sites is 1. The van der Waals surface area contributed by atoms with Crippen molar-refractivity contribution < 1.29 is 9.59 Å². The molecule has 1 saturated heterocycles. The summed E-state index contributed by atoms with van der Waals surface area (Å²) in [5.41, 5.74) is 0.663. The molecule has 1 atom stereocenters. The molecule has 1 aliphatic carbocycles. The van der Waals surface area contributed by atoms with Gasteiger partial charge in [0.25, 0.3) is 5.91 Å². The number of benzene rings is 1. The van der Waals surface area contributed by atoms with Gasteiger partial charge in [-0.15, -0.1) is 0 Å².